The second-order valence-corrected chi connectivity index (χ2v) is 11.6. The summed E-state index contributed by atoms with van der Waals surface area (Å²) >= 11 is 7.70. The fourth-order valence-corrected chi connectivity index (χ4v) is 5.73. The van der Waals surface area contributed by atoms with Crippen LogP contribution in [-0.4, -0.2) is 43.4 Å². The standard InChI is InChI=1S/C28H28ClN5O3S/c1-14-12-18-24(38-26(31-18)25-30-13-19-22(32-25)15(2)33-34(19)6)21(16-8-10-17(29)11-9-16)20(14)23(27(35)36-7)37-28(3,4)5/h8-13,23H,1-7H3/t23-/m0/s1. The number of rotatable bonds is 5. The zero-order chi connectivity index (χ0) is 27.4. The normalized spacial score (nSPS) is 12.8. The average Bonchev–Trinajstić information content (AvgIpc) is 3.41. The van der Waals surface area contributed by atoms with Gasteiger partial charge in [0.1, 0.15) is 11.0 Å². The minimum absolute atomic E-state index is 0.469. The zero-order valence-corrected chi connectivity index (χ0v) is 23.9. The molecule has 196 valence electrons. The summed E-state index contributed by atoms with van der Waals surface area (Å²) in [6.07, 6.45) is 0.830. The molecule has 0 fully saturated rings. The van der Waals surface area contributed by atoms with Crippen LogP contribution in [0.25, 0.3) is 43.2 Å². The lowest BCUT2D eigenvalue weighted by molar-refractivity contribution is -0.164. The van der Waals surface area contributed by atoms with Crippen LogP contribution in [0, 0.1) is 13.8 Å². The Kier molecular flexibility index (Phi) is 6.71. The quantitative estimate of drug-likeness (QED) is 0.228. The van der Waals surface area contributed by atoms with E-state index >= 15 is 0 Å². The number of methoxy groups -OCH3 is 1. The van der Waals surface area contributed by atoms with Crippen LogP contribution in [0.15, 0.2) is 36.5 Å². The number of aromatic nitrogens is 5. The van der Waals surface area contributed by atoms with E-state index in [0.717, 1.165) is 49.2 Å². The van der Waals surface area contributed by atoms with Crippen LogP contribution in [0.2, 0.25) is 5.02 Å². The molecule has 0 bridgehead atoms. The van der Waals surface area contributed by atoms with Crippen molar-refractivity contribution >= 4 is 50.2 Å². The molecule has 1 atom stereocenters. The zero-order valence-electron chi connectivity index (χ0n) is 22.3. The molecule has 0 aliphatic carbocycles. The smallest absolute Gasteiger partial charge is 0.339 e. The van der Waals surface area contributed by atoms with Crippen molar-refractivity contribution in [1.82, 2.24) is 24.7 Å². The maximum absolute atomic E-state index is 13.1. The van der Waals surface area contributed by atoms with E-state index in [1.807, 2.05) is 72.0 Å². The van der Waals surface area contributed by atoms with Crippen molar-refractivity contribution in [2.45, 2.75) is 46.3 Å². The van der Waals surface area contributed by atoms with Gasteiger partial charge in [-0.1, -0.05) is 23.7 Å². The van der Waals surface area contributed by atoms with E-state index in [1.54, 1.807) is 10.9 Å². The summed E-state index contributed by atoms with van der Waals surface area (Å²) in [6, 6.07) is 9.51. The van der Waals surface area contributed by atoms with Gasteiger partial charge < -0.3 is 9.47 Å². The molecule has 0 saturated heterocycles. The average molecular weight is 550 g/mol. The van der Waals surface area contributed by atoms with Gasteiger partial charge in [0.25, 0.3) is 0 Å². The number of carbonyl (C=O) groups excluding carboxylic acids is 1. The van der Waals surface area contributed by atoms with E-state index in [-0.39, 0.29) is 0 Å². The third-order valence-electron chi connectivity index (χ3n) is 6.16. The molecule has 0 aliphatic rings. The molecule has 5 aromatic rings. The summed E-state index contributed by atoms with van der Waals surface area (Å²) in [5, 5.41) is 5.74. The Morgan fingerprint density at radius 3 is 2.50 bits per heavy atom. The summed E-state index contributed by atoms with van der Waals surface area (Å²) in [7, 11) is 3.24. The Labute approximate surface area is 229 Å². The van der Waals surface area contributed by atoms with Crippen LogP contribution in [0.4, 0.5) is 0 Å². The minimum atomic E-state index is -0.939. The SMILES string of the molecule is COC(=O)[C@@H](OC(C)(C)C)c1c(C)cc2nc(-c3ncc4c(n3)c(C)nn4C)sc2c1-c1ccc(Cl)cc1. The Bertz CT molecular complexity index is 1690. The largest absolute Gasteiger partial charge is 0.467 e. The number of thiazole rings is 1. The van der Waals surface area contributed by atoms with Gasteiger partial charge in [-0.15, -0.1) is 11.3 Å². The first-order valence-electron chi connectivity index (χ1n) is 12.1. The van der Waals surface area contributed by atoms with E-state index in [2.05, 4.69) is 10.1 Å². The molecule has 0 saturated carbocycles. The Hall–Kier alpha value is -3.40. The second kappa shape index (κ2) is 9.72. The van der Waals surface area contributed by atoms with Crippen molar-refractivity contribution in [3.05, 3.63) is 58.4 Å². The second-order valence-electron chi connectivity index (χ2n) is 10.1. The molecular formula is C28H28ClN5O3S. The summed E-state index contributed by atoms with van der Waals surface area (Å²) in [5.41, 5.74) is 5.98. The highest BCUT2D eigenvalue weighted by molar-refractivity contribution is 7.22. The van der Waals surface area contributed by atoms with Gasteiger partial charge in [0.15, 0.2) is 16.9 Å². The lowest BCUT2D eigenvalue weighted by atomic mass is 9.91. The molecule has 0 radical (unpaired) electrons. The number of benzene rings is 2. The predicted octanol–water partition coefficient (Wildman–Crippen LogP) is 6.61. The lowest BCUT2D eigenvalue weighted by Gasteiger charge is -2.28. The molecule has 8 nitrogen and oxygen atoms in total. The van der Waals surface area contributed by atoms with Gasteiger partial charge in [-0.25, -0.2) is 19.7 Å². The van der Waals surface area contributed by atoms with Gasteiger partial charge >= 0.3 is 5.97 Å². The van der Waals surface area contributed by atoms with Crippen LogP contribution in [0.3, 0.4) is 0 Å². The maximum atomic E-state index is 13.1. The van der Waals surface area contributed by atoms with Gasteiger partial charge in [0, 0.05) is 23.2 Å². The molecule has 0 amide bonds. The molecule has 3 heterocycles. The summed E-state index contributed by atoms with van der Waals surface area (Å²) in [5.74, 6) is 0.0506. The van der Waals surface area contributed by atoms with E-state index in [1.165, 1.54) is 18.4 Å². The third-order valence-corrected chi connectivity index (χ3v) is 7.50. The number of esters is 1. The van der Waals surface area contributed by atoms with Crippen LogP contribution >= 0.6 is 22.9 Å². The Morgan fingerprint density at radius 2 is 1.84 bits per heavy atom. The fraction of sp³-hybridized carbons (Fsp3) is 0.321. The highest BCUT2D eigenvalue weighted by Crippen LogP contribution is 2.44. The van der Waals surface area contributed by atoms with Crippen molar-refractivity contribution < 1.29 is 14.3 Å². The fourth-order valence-electron chi connectivity index (χ4n) is 4.54. The van der Waals surface area contributed by atoms with Gasteiger partial charge in [0.2, 0.25) is 0 Å². The van der Waals surface area contributed by atoms with Gasteiger partial charge in [-0.05, 0) is 63.9 Å². The van der Waals surface area contributed by atoms with Gasteiger partial charge in [-0.2, -0.15) is 5.10 Å². The molecule has 38 heavy (non-hydrogen) atoms. The first-order chi connectivity index (χ1) is 18.0. The van der Waals surface area contributed by atoms with Crippen molar-refractivity contribution in [2.24, 2.45) is 7.05 Å². The first kappa shape index (κ1) is 26.2. The molecule has 10 heteroatoms. The molecular weight excluding hydrogens is 522 g/mol. The highest BCUT2D eigenvalue weighted by atomic mass is 35.5. The minimum Gasteiger partial charge on any atom is -0.467 e. The third kappa shape index (κ3) is 4.77. The highest BCUT2D eigenvalue weighted by Gasteiger charge is 2.33. The molecule has 2 aromatic carbocycles. The molecule has 5 rings (SSSR count). The van der Waals surface area contributed by atoms with Crippen molar-refractivity contribution in [1.29, 1.82) is 0 Å². The number of hydrogen-bond donors (Lipinski definition) is 0. The van der Waals surface area contributed by atoms with Crippen LogP contribution < -0.4 is 0 Å². The monoisotopic (exact) mass is 549 g/mol. The molecule has 0 aliphatic heterocycles. The predicted molar refractivity (Wildman–Crippen MR) is 150 cm³/mol. The summed E-state index contributed by atoms with van der Waals surface area (Å²) in [4.78, 5) is 27.4. The van der Waals surface area contributed by atoms with E-state index in [0.29, 0.717) is 15.9 Å². The van der Waals surface area contributed by atoms with Crippen LogP contribution in [-0.2, 0) is 21.3 Å². The topological polar surface area (TPSA) is 92.0 Å². The van der Waals surface area contributed by atoms with E-state index in [4.69, 9.17) is 31.0 Å². The number of aryl methyl sites for hydroxylation is 3. The first-order valence-corrected chi connectivity index (χ1v) is 13.3. The van der Waals surface area contributed by atoms with Crippen molar-refractivity contribution in [2.75, 3.05) is 7.11 Å². The summed E-state index contributed by atoms with van der Waals surface area (Å²) in [6.45, 7) is 9.62. The van der Waals surface area contributed by atoms with E-state index < -0.39 is 17.7 Å². The van der Waals surface area contributed by atoms with Crippen molar-refractivity contribution in [3.63, 3.8) is 0 Å². The van der Waals surface area contributed by atoms with Crippen LogP contribution in [0.1, 0.15) is 43.7 Å². The Balaban J connectivity index is 1.79. The number of nitrogens with zero attached hydrogens (tertiary/aromatic N) is 5. The number of halogens is 1. The maximum Gasteiger partial charge on any atom is 0.339 e. The molecule has 3 aromatic heterocycles. The lowest BCUT2D eigenvalue weighted by Crippen LogP contribution is -2.29. The number of hydrogen-bond acceptors (Lipinski definition) is 8. The number of ether oxygens (including phenoxy) is 2. The number of fused-ring (bicyclic) bond motifs is 2. The van der Waals surface area contributed by atoms with Gasteiger partial charge in [0.05, 0.1) is 34.8 Å². The molecule has 0 spiro atoms. The van der Waals surface area contributed by atoms with Crippen LogP contribution in [0.5, 0.6) is 0 Å². The molecule has 0 N–H and O–H groups in total. The Morgan fingerprint density at radius 1 is 1.13 bits per heavy atom. The molecule has 0 unspecified atom stereocenters. The van der Waals surface area contributed by atoms with E-state index in [9.17, 15) is 4.79 Å². The number of carbonyl (C=O) groups is 1. The van der Waals surface area contributed by atoms with Gasteiger partial charge in [-0.3, -0.25) is 4.68 Å². The summed E-state index contributed by atoms with van der Waals surface area (Å²) < 4.78 is 14.1. The van der Waals surface area contributed by atoms with Crippen molar-refractivity contribution in [3.8, 4) is 22.0 Å².